The van der Waals surface area contributed by atoms with Crippen LogP contribution in [0, 0.1) is 0 Å². The van der Waals surface area contributed by atoms with Crippen molar-refractivity contribution in [3.63, 3.8) is 0 Å². The van der Waals surface area contributed by atoms with Crippen molar-refractivity contribution in [1.29, 1.82) is 0 Å². The lowest BCUT2D eigenvalue weighted by Gasteiger charge is -2.17. The molecule has 1 amide bonds. The van der Waals surface area contributed by atoms with E-state index >= 15 is 0 Å². The minimum absolute atomic E-state index is 0.0126. The highest BCUT2D eigenvalue weighted by Gasteiger charge is 2.18. The summed E-state index contributed by atoms with van der Waals surface area (Å²) in [7, 11) is 0. The van der Waals surface area contributed by atoms with Crippen molar-refractivity contribution in [2.24, 2.45) is 5.73 Å². The summed E-state index contributed by atoms with van der Waals surface area (Å²) >= 11 is 1.46. The first kappa shape index (κ1) is 15.1. The van der Waals surface area contributed by atoms with Gasteiger partial charge in [0.2, 0.25) is 5.91 Å². The molecule has 0 spiro atoms. The predicted octanol–water partition coefficient (Wildman–Crippen LogP) is 2.90. The van der Waals surface area contributed by atoms with Gasteiger partial charge in [0, 0.05) is 22.8 Å². The SMILES string of the molecule is CC(C)(N)CCC(=O)Nc1nc(C(C)(C)C)cs1. The van der Waals surface area contributed by atoms with Crippen LogP contribution in [-0.4, -0.2) is 16.4 Å². The second kappa shape index (κ2) is 5.36. The Morgan fingerprint density at radius 2 is 2.00 bits per heavy atom. The van der Waals surface area contributed by atoms with Gasteiger partial charge >= 0.3 is 0 Å². The minimum atomic E-state index is -0.309. The third-order valence-electron chi connectivity index (χ3n) is 2.52. The van der Waals surface area contributed by atoms with Crippen LogP contribution in [0.15, 0.2) is 5.38 Å². The molecule has 0 atom stereocenters. The number of carbonyl (C=O) groups is 1. The van der Waals surface area contributed by atoms with Crippen molar-refractivity contribution in [2.45, 2.75) is 58.4 Å². The van der Waals surface area contributed by atoms with Gasteiger partial charge in [0.1, 0.15) is 0 Å². The van der Waals surface area contributed by atoms with Crippen molar-refractivity contribution < 1.29 is 4.79 Å². The summed E-state index contributed by atoms with van der Waals surface area (Å²) in [5, 5.41) is 5.47. The third kappa shape index (κ3) is 5.14. The Hall–Kier alpha value is -0.940. The van der Waals surface area contributed by atoms with Crippen LogP contribution in [0.1, 0.15) is 53.2 Å². The number of carbonyl (C=O) groups excluding carboxylic acids is 1. The molecule has 0 aliphatic carbocycles. The van der Waals surface area contributed by atoms with Crippen LogP contribution in [0.3, 0.4) is 0 Å². The van der Waals surface area contributed by atoms with E-state index in [4.69, 9.17) is 5.73 Å². The van der Waals surface area contributed by atoms with Crippen LogP contribution in [0.25, 0.3) is 0 Å². The molecule has 1 aromatic heterocycles. The monoisotopic (exact) mass is 269 g/mol. The van der Waals surface area contributed by atoms with E-state index in [9.17, 15) is 4.79 Å². The van der Waals surface area contributed by atoms with Crippen molar-refractivity contribution in [2.75, 3.05) is 5.32 Å². The van der Waals surface area contributed by atoms with E-state index < -0.39 is 0 Å². The molecule has 1 heterocycles. The van der Waals surface area contributed by atoms with Gasteiger partial charge in [-0.3, -0.25) is 4.79 Å². The fraction of sp³-hybridized carbons (Fsp3) is 0.692. The van der Waals surface area contributed by atoms with E-state index in [1.165, 1.54) is 11.3 Å². The van der Waals surface area contributed by atoms with E-state index in [0.717, 1.165) is 5.69 Å². The molecule has 1 aromatic rings. The molecule has 0 bridgehead atoms. The highest BCUT2D eigenvalue weighted by atomic mass is 32.1. The zero-order valence-electron chi connectivity index (χ0n) is 11.8. The number of nitrogens with zero attached hydrogens (tertiary/aromatic N) is 1. The van der Waals surface area contributed by atoms with Crippen molar-refractivity contribution in [1.82, 2.24) is 4.98 Å². The molecule has 5 heteroatoms. The lowest BCUT2D eigenvalue weighted by molar-refractivity contribution is -0.116. The number of thiazole rings is 1. The third-order valence-corrected chi connectivity index (χ3v) is 3.27. The van der Waals surface area contributed by atoms with Crippen LogP contribution in [0.4, 0.5) is 5.13 Å². The molecule has 1 rings (SSSR count). The molecule has 18 heavy (non-hydrogen) atoms. The van der Waals surface area contributed by atoms with Gasteiger partial charge in [-0.1, -0.05) is 20.8 Å². The molecule has 0 saturated carbocycles. The summed E-state index contributed by atoms with van der Waals surface area (Å²) < 4.78 is 0. The highest BCUT2D eigenvalue weighted by molar-refractivity contribution is 7.13. The van der Waals surface area contributed by atoms with Crippen LogP contribution >= 0.6 is 11.3 Å². The van der Waals surface area contributed by atoms with Gasteiger partial charge in [0.15, 0.2) is 5.13 Å². The summed E-state index contributed by atoms with van der Waals surface area (Å²) in [6, 6.07) is 0. The molecule has 0 saturated heterocycles. The van der Waals surface area contributed by atoms with E-state index in [2.05, 4.69) is 31.1 Å². The van der Waals surface area contributed by atoms with Crippen LogP contribution in [-0.2, 0) is 10.2 Å². The maximum absolute atomic E-state index is 11.7. The molecule has 0 fully saturated rings. The minimum Gasteiger partial charge on any atom is -0.326 e. The first-order valence-corrected chi connectivity index (χ1v) is 7.01. The summed E-state index contributed by atoms with van der Waals surface area (Å²) in [6.45, 7) is 10.1. The maximum atomic E-state index is 11.7. The molecule has 0 aliphatic rings. The summed E-state index contributed by atoms with van der Waals surface area (Å²) in [5.74, 6) is -0.0247. The Labute approximate surface area is 113 Å². The number of rotatable bonds is 4. The largest absolute Gasteiger partial charge is 0.326 e. The van der Waals surface area contributed by atoms with E-state index in [1.807, 2.05) is 19.2 Å². The van der Waals surface area contributed by atoms with Crippen molar-refractivity contribution in [3.05, 3.63) is 11.1 Å². The van der Waals surface area contributed by atoms with Gasteiger partial charge in [0.05, 0.1) is 5.69 Å². The number of amides is 1. The first-order valence-electron chi connectivity index (χ1n) is 6.13. The first-order chi connectivity index (χ1) is 8.08. The zero-order valence-corrected chi connectivity index (χ0v) is 12.6. The van der Waals surface area contributed by atoms with Gasteiger partial charge < -0.3 is 11.1 Å². The second-order valence-electron chi connectivity index (χ2n) is 6.32. The Bertz CT molecular complexity index is 413. The van der Waals surface area contributed by atoms with E-state index in [0.29, 0.717) is 18.0 Å². The Morgan fingerprint density at radius 3 is 2.44 bits per heavy atom. The number of nitrogens with two attached hydrogens (primary N) is 1. The molecule has 4 nitrogen and oxygen atoms in total. The number of hydrogen-bond acceptors (Lipinski definition) is 4. The summed E-state index contributed by atoms with van der Waals surface area (Å²) in [4.78, 5) is 16.1. The summed E-state index contributed by atoms with van der Waals surface area (Å²) in [6.07, 6.45) is 1.09. The molecule has 0 aliphatic heterocycles. The lowest BCUT2D eigenvalue weighted by atomic mass is 9.93. The average molecular weight is 269 g/mol. The lowest BCUT2D eigenvalue weighted by Crippen LogP contribution is -2.33. The second-order valence-corrected chi connectivity index (χ2v) is 7.18. The fourth-order valence-corrected chi connectivity index (χ4v) is 2.25. The quantitative estimate of drug-likeness (QED) is 0.883. The van der Waals surface area contributed by atoms with Gasteiger partial charge in [0.25, 0.3) is 0 Å². The highest BCUT2D eigenvalue weighted by Crippen LogP contribution is 2.26. The van der Waals surface area contributed by atoms with Crippen LogP contribution in [0.5, 0.6) is 0 Å². The van der Waals surface area contributed by atoms with Crippen molar-refractivity contribution in [3.8, 4) is 0 Å². The van der Waals surface area contributed by atoms with Crippen LogP contribution < -0.4 is 11.1 Å². The molecule has 0 unspecified atom stereocenters. The predicted molar refractivity (Wildman–Crippen MR) is 76.9 cm³/mol. The number of hydrogen-bond donors (Lipinski definition) is 2. The molecular formula is C13H23N3OS. The zero-order chi connectivity index (χ0) is 14.0. The molecule has 3 N–H and O–H groups in total. The Balaban J connectivity index is 2.53. The number of nitrogens with one attached hydrogen (secondary N) is 1. The topological polar surface area (TPSA) is 68.0 Å². The van der Waals surface area contributed by atoms with E-state index in [1.54, 1.807) is 0 Å². The fourth-order valence-electron chi connectivity index (χ4n) is 1.29. The smallest absolute Gasteiger partial charge is 0.226 e. The standard InChI is InChI=1S/C13H23N3OS/c1-12(2,3)9-8-18-11(15-9)16-10(17)6-7-13(4,5)14/h8H,6-7,14H2,1-5H3,(H,15,16,17). The normalized spacial score (nSPS) is 12.6. The van der Waals surface area contributed by atoms with Gasteiger partial charge in [-0.25, -0.2) is 4.98 Å². The number of aromatic nitrogens is 1. The molecule has 102 valence electrons. The molecule has 0 aromatic carbocycles. The van der Waals surface area contributed by atoms with Gasteiger partial charge in [-0.15, -0.1) is 11.3 Å². The Kier molecular flexibility index (Phi) is 4.50. The molecule has 0 radical (unpaired) electrons. The van der Waals surface area contributed by atoms with Gasteiger partial charge in [-0.05, 0) is 20.3 Å². The average Bonchev–Trinajstić information content (AvgIpc) is 2.61. The van der Waals surface area contributed by atoms with Crippen LogP contribution in [0.2, 0.25) is 0 Å². The van der Waals surface area contributed by atoms with Gasteiger partial charge in [-0.2, -0.15) is 0 Å². The molecular weight excluding hydrogens is 246 g/mol. The Morgan fingerprint density at radius 1 is 1.39 bits per heavy atom. The number of anilines is 1. The summed E-state index contributed by atoms with van der Waals surface area (Å²) in [5.41, 5.74) is 6.55. The maximum Gasteiger partial charge on any atom is 0.226 e. The van der Waals surface area contributed by atoms with Crippen molar-refractivity contribution >= 4 is 22.4 Å². The van der Waals surface area contributed by atoms with E-state index in [-0.39, 0.29) is 16.9 Å².